The summed E-state index contributed by atoms with van der Waals surface area (Å²) in [6.07, 6.45) is 0. The Hall–Kier alpha value is -0.180. The number of oxime groups is 1. The van der Waals surface area contributed by atoms with Gasteiger partial charge in [0.1, 0.15) is 12.2 Å². The van der Waals surface area contributed by atoms with Gasteiger partial charge in [-0.3, -0.25) is 0 Å². The Labute approximate surface area is 54.3 Å². The lowest BCUT2D eigenvalue weighted by Crippen LogP contribution is -1.84. The van der Waals surface area contributed by atoms with Gasteiger partial charge in [0.25, 0.3) is 0 Å². The first-order chi connectivity index (χ1) is 3.81. The highest BCUT2D eigenvalue weighted by molar-refractivity contribution is 8.13. The first-order valence-corrected chi connectivity index (χ1v) is 3.50. The first-order valence-electron chi connectivity index (χ1n) is 2.51. The summed E-state index contributed by atoms with van der Waals surface area (Å²) in [5, 5.41) is 4.68. The van der Waals surface area contributed by atoms with Crippen molar-refractivity contribution in [1.82, 2.24) is 0 Å². The van der Waals surface area contributed by atoms with E-state index in [0.717, 1.165) is 10.8 Å². The molecule has 8 heavy (non-hydrogen) atoms. The van der Waals surface area contributed by atoms with Gasteiger partial charge in [-0.1, -0.05) is 12.1 Å². The molecule has 0 fully saturated rings. The second kappa shape index (κ2) is 4.97. The van der Waals surface area contributed by atoms with E-state index in [9.17, 15) is 0 Å². The fourth-order valence-corrected chi connectivity index (χ4v) is 0.909. The minimum absolute atomic E-state index is 0.981. The van der Waals surface area contributed by atoms with Crippen LogP contribution < -0.4 is 0 Å². The van der Waals surface area contributed by atoms with Gasteiger partial charge >= 0.3 is 0 Å². The van der Waals surface area contributed by atoms with Crippen LogP contribution in [0.5, 0.6) is 0 Å². The lowest BCUT2D eigenvalue weighted by Gasteiger charge is -1.92. The van der Waals surface area contributed by atoms with Crippen molar-refractivity contribution in [3.63, 3.8) is 0 Å². The topological polar surface area (TPSA) is 21.6 Å². The maximum absolute atomic E-state index is 4.52. The summed E-state index contributed by atoms with van der Waals surface area (Å²) in [4.78, 5) is 4.52. The number of nitrogens with zero attached hydrogens (tertiary/aromatic N) is 1. The molecule has 0 atom stereocenters. The van der Waals surface area contributed by atoms with Gasteiger partial charge in [-0.05, 0) is 12.7 Å². The molecule has 0 aliphatic rings. The Morgan fingerprint density at radius 3 is 2.75 bits per heavy atom. The molecule has 0 aromatic carbocycles. The number of hydrogen-bond donors (Lipinski definition) is 0. The van der Waals surface area contributed by atoms with Crippen LogP contribution in [0.1, 0.15) is 13.8 Å². The predicted molar refractivity (Wildman–Crippen MR) is 38.3 cm³/mol. The van der Waals surface area contributed by atoms with Crippen LogP contribution in [0.3, 0.4) is 0 Å². The molecule has 0 bridgehead atoms. The summed E-state index contributed by atoms with van der Waals surface area (Å²) < 4.78 is 0. The summed E-state index contributed by atoms with van der Waals surface area (Å²) in [5.41, 5.74) is 0. The largest absolute Gasteiger partial charge is 0.399 e. The zero-order chi connectivity index (χ0) is 6.41. The Kier molecular flexibility index (Phi) is 4.85. The number of thioether (sulfide) groups is 1. The monoisotopic (exact) mass is 133 g/mol. The van der Waals surface area contributed by atoms with E-state index in [1.54, 1.807) is 18.9 Å². The molecule has 48 valence electrons. The molecule has 0 rings (SSSR count). The van der Waals surface area contributed by atoms with Crippen LogP contribution in [0.4, 0.5) is 0 Å². The third-order valence-corrected chi connectivity index (χ3v) is 1.35. The van der Waals surface area contributed by atoms with Crippen molar-refractivity contribution in [3.8, 4) is 0 Å². The van der Waals surface area contributed by atoms with Crippen molar-refractivity contribution in [2.45, 2.75) is 13.8 Å². The lowest BCUT2D eigenvalue weighted by atomic mass is 10.9. The average Bonchev–Trinajstić information content (AvgIpc) is 1.68. The lowest BCUT2D eigenvalue weighted by molar-refractivity contribution is 0.214. The second-order valence-electron chi connectivity index (χ2n) is 1.23. The van der Waals surface area contributed by atoms with Crippen molar-refractivity contribution in [2.75, 3.05) is 12.9 Å². The average molecular weight is 133 g/mol. The van der Waals surface area contributed by atoms with Crippen molar-refractivity contribution >= 4 is 16.8 Å². The molecule has 0 spiro atoms. The van der Waals surface area contributed by atoms with Gasteiger partial charge in [0.2, 0.25) is 0 Å². The Balaban J connectivity index is 3.29. The van der Waals surface area contributed by atoms with Gasteiger partial charge in [0.05, 0.1) is 0 Å². The summed E-state index contributed by atoms with van der Waals surface area (Å²) in [6, 6.07) is 0. The SMILES string of the molecule is CCS/C(C)=N\OC. The van der Waals surface area contributed by atoms with E-state index in [0.29, 0.717) is 0 Å². The second-order valence-corrected chi connectivity index (χ2v) is 2.68. The van der Waals surface area contributed by atoms with Crippen molar-refractivity contribution < 1.29 is 4.84 Å². The third kappa shape index (κ3) is 3.99. The Morgan fingerprint density at radius 1 is 1.75 bits per heavy atom. The van der Waals surface area contributed by atoms with E-state index in [4.69, 9.17) is 0 Å². The maximum atomic E-state index is 4.52. The smallest absolute Gasteiger partial charge is 0.109 e. The zero-order valence-corrected chi connectivity index (χ0v) is 6.29. The van der Waals surface area contributed by atoms with E-state index in [2.05, 4.69) is 16.9 Å². The van der Waals surface area contributed by atoms with E-state index in [1.165, 1.54) is 0 Å². The molecule has 0 saturated carbocycles. The summed E-state index contributed by atoms with van der Waals surface area (Å²) in [6.45, 7) is 4.01. The van der Waals surface area contributed by atoms with Crippen molar-refractivity contribution in [2.24, 2.45) is 5.16 Å². The normalized spacial score (nSPS) is 11.6. The van der Waals surface area contributed by atoms with Crippen LogP contribution in [0, 0.1) is 0 Å². The van der Waals surface area contributed by atoms with Crippen LogP contribution in [0.15, 0.2) is 5.16 Å². The fraction of sp³-hybridized carbons (Fsp3) is 0.800. The molecule has 0 heterocycles. The van der Waals surface area contributed by atoms with Crippen LogP contribution in [-0.2, 0) is 4.84 Å². The van der Waals surface area contributed by atoms with Crippen LogP contribution >= 0.6 is 11.8 Å². The molecule has 0 radical (unpaired) electrons. The number of rotatable bonds is 2. The quantitative estimate of drug-likeness (QED) is 0.325. The molecule has 0 saturated heterocycles. The summed E-state index contributed by atoms with van der Waals surface area (Å²) in [7, 11) is 1.56. The van der Waals surface area contributed by atoms with Crippen LogP contribution in [0.2, 0.25) is 0 Å². The minimum Gasteiger partial charge on any atom is -0.399 e. The molecular weight excluding hydrogens is 122 g/mol. The molecule has 0 unspecified atom stereocenters. The standard InChI is InChI=1S/C5H11NOS/c1-4-8-5(2)6-7-3/h4H2,1-3H3/b6-5-. The van der Waals surface area contributed by atoms with Gasteiger partial charge < -0.3 is 4.84 Å². The van der Waals surface area contributed by atoms with E-state index >= 15 is 0 Å². The fourth-order valence-electron chi connectivity index (χ4n) is 0.364. The Bertz CT molecular complexity index is 82.5. The zero-order valence-electron chi connectivity index (χ0n) is 5.47. The van der Waals surface area contributed by atoms with E-state index < -0.39 is 0 Å². The van der Waals surface area contributed by atoms with Gasteiger partial charge in [-0.15, -0.1) is 11.8 Å². The highest BCUT2D eigenvalue weighted by atomic mass is 32.2. The Morgan fingerprint density at radius 2 is 2.38 bits per heavy atom. The van der Waals surface area contributed by atoms with Gasteiger partial charge in [0, 0.05) is 0 Å². The molecule has 0 aliphatic heterocycles. The van der Waals surface area contributed by atoms with Crippen LogP contribution in [-0.4, -0.2) is 17.9 Å². The summed E-state index contributed by atoms with van der Waals surface area (Å²) >= 11 is 1.68. The van der Waals surface area contributed by atoms with Crippen molar-refractivity contribution in [1.29, 1.82) is 0 Å². The molecule has 2 nitrogen and oxygen atoms in total. The van der Waals surface area contributed by atoms with E-state index in [1.807, 2.05) is 6.92 Å². The predicted octanol–water partition coefficient (Wildman–Crippen LogP) is 1.72. The molecule has 0 N–H and O–H groups in total. The first kappa shape index (κ1) is 7.82. The number of hydrogen-bond acceptors (Lipinski definition) is 3. The maximum Gasteiger partial charge on any atom is 0.109 e. The van der Waals surface area contributed by atoms with Crippen molar-refractivity contribution in [3.05, 3.63) is 0 Å². The molecule has 3 heteroatoms. The molecule has 0 aromatic heterocycles. The molecular formula is C5H11NOS. The van der Waals surface area contributed by atoms with E-state index in [-0.39, 0.29) is 0 Å². The summed E-state index contributed by atoms with van der Waals surface area (Å²) in [5.74, 6) is 1.05. The highest BCUT2D eigenvalue weighted by Crippen LogP contribution is 2.01. The van der Waals surface area contributed by atoms with Gasteiger partial charge in [-0.25, -0.2) is 0 Å². The highest BCUT2D eigenvalue weighted by Gasteiger charge is 1.85. The van der Waals surface area contributed by atoms with Gasteiger partial charge in [-0.2, -0.15) is 0 Å². The molecule has 0 aliphatic carbocycles. The van der Waals surface area contributed by atoms with Crippen LogP contribution in [0.25, 0.3) is 0 Å². The van der Waals surface area contributed by atoms with Gasteiger partial charge in [0.15, 0.2) is 0 Å². The minimum atomic E-state index is 0.981. The third-order valence-electron chi connectivity index (χ3n) is 0.573. The molecule has 0 amide bonds. The molecule has 0 aromatic rings.